The third-order valence-electron chi connectivity index (χ3n) is 3.13. The normalized spacial score (nSPS) is 10.4. The summed E-state index contributed by atoms with van der Waals surface area (Å²) in [7, 11) is 0. The van der Waals surface area contributed by atoms with Crippen molar-refractivity contribution in [3.05, 3.63) is 60.9 Å². The second-order valence-corrected chi connectivity index (χ2v) is 5.06. The number of aromatic nitrogens is 2. The molecule has 0 spiro atoms. The molecule has 0 saturated heterocycles. The van der Waals surface area contributed by atoms with E-state index in [1.54, 1.807) is 32.0 Å². The number of rotatable bonds is 3. The van der Waals surface area contributed by atoms with Gasteiger partial charge < -0.3 is 10.3 Å². The summed E-state index contributed by atoms with van der Waals surface area (Å²) in [4.78, 5) is 39.4. The van der Waals surface area contributed by atoms with Crippen LogP contribution in [0.15, 0.2) is 27.8 Å². The number of aryl methyl sites for hydroxylation is 1. The van der Waals surface area contributed by atoms with Gasteiger partial charge in [-0.05, 0) is 31.5 Å². The Hall–Kier alpha value is -2.34. The first-order valence-corrected chi connectivity index (χ1v) is 6.63. The number of H-pyrrole nitrogens is 2. The molecule has 2 aromatic rings. The molecule has 21 heavy (non-hydrogen) atoms. The average Bonchev–Trinajstić information content (AvgIpc) is 2.39. The molecule has 0 aliphatic carbocycles. The monoisotopic (exact) mass is 307 g/mol. The van der Waals surface area contributed by atoms with Gasteiger partial charge >= 0.3 is 5.69 Å². The van der Waals surface area contributed by atoms with Crippen molar-refractivity contribution < 1.29 is 4.79 Å². The maximum Gasteiger partial charge on any atom is 0.325 e. The van der Waals surface area contributed by atoms with Gasteiger partial charge in [0, 0.05) is 22.0 Å². The van der Waals surface area contributed by atoms with E-state index < -0.39 is 11.2 Å². The van der Waals surface area contributed by atoms with Crippen molar-refractivity contribution in [3.8, 4) is 0 Å². The lowest BCUT2D eigenvalue weighted by Crippen LogP contribution is -2.29. The molecule has 0 fully saturated rings. The van der Waals surface area contributed by atoms with Gasteiger partial charge in [0.25, 0.3) is 5.56 Å². The number of amides is 1. The van der Waals surface area contributed by atoms with Gasteiger partial charge in [-0.1, -0.05) is 17.7 Å². The standard InChI is InChI=1S/C14H14ClN3O3/c1-7-10(15)4-3-5-11(7)17-12(19)6-9-8(2)16-14(21)18-13(9)20/h3-5H,6H2,1-2H3,(H,17,19)(H2,16,18,20,21). The minimum Gasteiger partial charge on any atom is -0.326 e. The quantitative estimate of drug-likeness (QED) is 0.802. The molecule has 0 aliphatic rings. The number of anilines is 1. The van der Waals surface area contributed by atoms with Crippen LogP contribution >= 0.6 is 11.6 Å². The third-order valence-corrected chi connectivity index (χ3v) is 3.54. The van der Waals surface area contributed by atoms with E-state index in [-0.39, 0.29) is 17.9 Å². The highest BCUT2D eigenvalue weighted by atomic mass is 35.5. The molecule has 0 radical (unpaired) electrons. The Balaban J connectivity index is 2.22. The first-order valence-electron chi connectivity index (χ1n) is 6.25. The van der Waals surface area contributed by atoms with Gasteiger partial charge in [0.2, 0.25) is 5.91 Å². The van der Waals surface area contributed by atoms with Gasteiger partial charge in [-0.15, -0.1) is 0 Å². The van der Waals surface area contributed by atoms with Crippen LogP contribution in [-0.2, 0) is 11.2 Å². The first kappa shape index (κ1) is 15.1. The van der Waals surface area contributed by atoms with Crippen LogP contribution in [0.1, 0.15) is 16.8 Å². The maximum atomic E-state index is 12.0. The molecule has 110 valence electrons. The zero-order chi connectivity index (χ0) is 15.6. The molecule has 1 aromatic carbocycles. The first-order chi connectivity index (χ1) is 9.88. The van der Waals surface area contributed by atoms with Gasteiger partial charge in [-0.2, -0.15) is 0 Å². The summed E-state index contributed by atoms with van der Waals surface area (Å²) < 4.78 is 0. The fourth-order valence-corrected chi connectivity index (χ4v) is 2.11. The van der Waals surface area contributed by atoms with E-state index in [1.807, 2.05) is 0 Å². The van der Waals surface area contributed by atoms with Crippen LogP contribution in [0, 0.1) is 13.8 Å². The minimum atomic E-state index is -0.590. The largest absolute Gasteiger partial charge is 0.326 e. The Morgan fingerprint density at radius 2 is 1.95 bits per heavy atom. The number of nitrogens with one attached hydrogen (secondary N) is 3. The van der Waals surface area contributed by atoms with Crippen LogP contribution in [0.5, 0.6) is 0 Å². The van der Waals surface area contributed by atoms with Crippen LogP contribution < -0.4 is 16.6 Å². The van der Waals surface area contributed by atoms with Crippen molar-refractivity contribution in [3.63, 3.8) is 0 Å². The Morgan fingerprint density at radius 3 is 2.62 bits per heavy atom. The number of carbonyl (C=O) groups excluding carboxylic acids is 1. The molecule has 0 atom stereocenters. The predicted octanol–water partition coefficient (Wildman–Crippen LogP) is 1.51. The summed E-state index contributed by atoms with van der Waals surface area (Å²) in [6.07, 6.45) is -0.135. The lowest BCUT2D eigenvalue weighted by atomic mass is 10.1. The van der Waals surface area contributed by atoms with Crippen molar-refractivity contribution in [2.45, 2.75) is 20.3 Å². The van der Waals surface area contributed by atoms with Gasteiger partial charge in [-0.3, -0.25) is 14.6 Å². The van der Waals surface area contributed by atoms with Crippen LogP contribution in [0.25, 0.3) is 0 Å². The van der Waals surface area contributed by atoms with E-state index >= 15 is 0 Å². The van der Waals surface area contributed by atoms with Crippen molar-refractivity contribution in [2.75, 3.05) is 5.32 Å². The highest BCUT2D eigenvalue weighted by Gasteiger charge is 2.12. The molecule has 0 aliphatic heterocycles. The molecule has 2 rings (SSSR count). The zero-order valence-corrected chi connectivity index (χ0v) is 12.3. The Bertz CT molecular complexity index is 808. The molecule has 3 N–H and O–H groups in total. The molecule has 6 nitrogen and oxygen atoms in total. The maximum absolute atomic E-state index is 12.0. The van der Waals surface area contributed by atoms with Gasteiger partial charge in [0.1, 0.15) is 0 Å². The Kier molecular flexibility index (Phi) is 4.28. The van der Waals surface area contributed by atoms with E-state index in [0.717, 1.165) is 5.56 Å². The van der Waals surface area contributed by atoms with Crippen LogP contribution in [0.2, 0.25) is 5.02 Å². The third kappa shape index (κ3) is 3.41. The molecule has 1 heterocycles. The van der Waals surface area contributed by atoms with Gasteiger partial charge in [-0.25, -0.2) is 4.79 Å². The Labute approximate surface area is 125 Å². The van der Waals surface area contributed by atoms with Crippen LogP contribution in [0.3, 0.4) is 0 Å². The number of aromatic amines is 2. The number of hydrogen-bond donors (Lipinski definition) is 3. The van der Waals surface area contributed by atoms with Gasteiger partial charge in [0.05, 0.1) is 6.42 Å². The predicted molar refractivity (Wildman–Crippen MR) is 80.9 cm³/mol. The van der Waals surface area contributed by atoms with E-state index in [1.165, 1.54) is 0 Å². The minimum absolute atomic E-state index is 0.135. The van der Waals surface area contributed by atoms with Crippen LogP contribution in [-0.4, -0.2) is 15.9 Å². The molecular weight excluding hydrogens is 294 g/mol. The molecule has 0 saturated carbocycles. The SMILES string of the molecule is Cc1[nH]c(=O)[nH]c(=O)c1CC(=O)Nc1cccc(Cl)c1C. The van der Waals surface area contributed by atoms with Crippen molar-refractivity contribution in [1.82, 2.24) is 9.97 Å². The molecule has 0 bridgehead atoms. The van der Waals surface area contributed by atoms with E-state index in [4.69, 9.17) is 11.6 Å². The number of halogens is 1. The second-order valence-electron chi connectivity index (χ2n) is 4.65. The summed E-state index contributed by atoms with van der Waals surface area (Å²) >= 11 is 5.98. The van der Waals surface area contributed by atoms with E-state index in [0.29, 0.717) is 16.4 Å². The second kappa shape index (κ2) is 5.97. The lowest BCUT2D eigenvalue weighted by molar-refractivity contribution is -0.115. The fourth-order valence-electron chi connectivity index (χ4n) is 1.94. The molecule has 1 aromatic heterocycles. The summed E-state index contributed by atoms with van der Waals surface area (Å²) in [6.45, 7) is 3.36. The molecular formula is C14H14ClN3O3. The number of benzene rings is 1. The van der Waals surface area contributed by atoms with Crippen LogP contribution in [0.4, 0.5) is 5.69 Å². The summed E-state index contributed by atoms with van der Waals surface area (Å²) in [5.74, 6) is -0.360. The summed E-state index contributed by atoms with van der Waals surface area (Å²) in [5.41, 5.74) is 0.792. The van der Waals surface area contributed by atoms with E-state index in [2.05, 4.69) is 15.3 Å². The smallest absolute Gasteiger partial charge is 0.325 e. The molecule has 0 unspecified atom stereocenters. The topological polar surface area (TPSA) is 94.8 Å². The number of hydrogen-bond acceptors (Lipinski definition) is 3. The highest BCUT2D eigenvalue weighted by Crippen LogP contribution is 2.22. The summed E-state index contributed by atoms with van der Waals surface area (Å²) in [5, 5.41) is 3.25. The number of carbonyl (C=O) groups is 1. The highest BCUT2D eigenvalue weighted by molar-refractivity contribution is 6.31. The lowest BCUT2D eigenvalue weighted by Gasteiger charge is -2.10. The Morgan fingerprint density at radius 1 is 1.24 bits per heavy atom. The molecule has 7 heteroatoms. The van der Waals surface area contributed by atoms with E-state index in [9.17, 15) is 14.4 Å². The average molecular weight is 308 g/mol. The van der Waals surface area contributed by atoms with Gasteiger partial charge in [0.15, 0.2) is 0 Å². The van der Waals surface area contributed by atoms with Crippen molar-refractivity contribution in [1.29, 1.82) is 0 Å². The van der Waals surface area contributed by atoms with Crippen molar-refractivity contribution >= 4 is 23.2 Å². The summed E-state index contributed by atoms with van der Waals surface area (Å²) in [6, 6.07) is 5.18. The fraction of sp³-hybridized carbons (Fsp3) is 0.214. The zero-order valence-electron chi connectivity index (χ0n) is 11.5. The van der Waals surface area contributed by atoms with Crippen molar-refractivity contribution in [2.24, 2.45) is 0 Å². The molecule has 1 amide bonds.